The molecule has 1 aliphatic heterocycles. The summed E-state index contributed by atoms with van der Waals surface area (Å²) in [5.74, 6) is 0.167. The lowest BCUT2D eigenvalue weighted by molar-refractivity contribution is -0.133. The van der Waals surface area contributed by atoms with Gasteiger partial charge >= 0.3 is 6.01 Å². The minimum Gasteiger partial charge on any atom is -0.458 e. The van der Waals surface area contributed by atoms with Crippen LogP contribution in [0.5, 0.6) is 6.01 Å². The van der Waals surface area contributed by atoms with Crippen LogP contribution in [0.4, 0.5) is 0 Å². The zero-order valence-corrected chi connectivity index (χ0v) is 11.1. The van der Waals surface area contributed by atoms with E-state index in [1.165, 1.54) is 12.4 Å². The molecular formula is C12H16ClN3O2. The van der Waals surface area contributed by atoms with Crippen molar-refractivity contribution in [3.8, 4) is 6.01 Å². The summed E-state index contributed by atoms with van der Waals surface area (Å²) in [4.78, 5) is 21.5. The number of rotatable bonds is 3. The summed E-state index contributed by atoms with van der Waals surface area (Å²) < 4.78 is 5.66. The third-order valence-electron chi connectivity index (χ3n) is 2.90. The largest absolute Gasteiger partial charge is 0.458 e. The smallest absolute Gasteiger partial charge is 0.316 e. The van der Waals surface area contributed by atoms with Crippen LogP contribution in [-0.4, -0.2) is 40.0 Å². The summed E-state index contributed by atoms with van der Waals surface area (Å²) in [7, 11) is 0. The predicted molar refractivity (Wildman–Crippen MR) is 67.6 cm³/mol. The monoisotopic (exact) mass is 269 g/mol. The molecule has 0 aliphatic carbocycles. The first-order valence-corrected chi connectivity index (χ1v) is 6.49. The minimum absolute atomic E-state index is 0.0320. The quantitative estimate of drug-likeness (QED) is 0.841. The average molecular weight is 270 g/mol. The SMILES string of the molecule is CCC(=O)N1CCC[C@@H](Oc2ncc(Cl)cn2)C1. The molecule has 1 amide bonds. The van der Waals surface area contributed by atoms with Crippen LogP contribution in [0.1, 0.15) is 26.2 Å². The van der Waals surface area contributed by atoms with Crippen LogP contribution >= 0.6 is 11.6 Å². The van der Waals surface area contributed by atoms with Gasteiger partial charge in [0.1, 0.15) is 6.10 Å². The van der Waals surface area contributed by atoms with Gasteiger partial charge in [-0.3, -0.25) is 4.79 Å². The number of hydrogen-bond donors (Lipinski definition) is 0. The lowest BCUT2D eigenvalue weighted by Crippen LogP contribution is -2.44. The van der Waals surface area contributed by atoms with E-state index < -0.39 is 0 Å². The molecule has 0 radical (unpaired) electrons. The highest BCUT2D eigenvalue weighted by molar-refractivity contribution is 6.30. The maximum absolute atomic E-state index is 11.6. The van der Waals surface area contributed by atoms with E-state index in [1.54, 1.807) is 0 Å². The first-order chi connectivity index (χ1) is 8.69. The second-order valence-corrected chi connectivity index (χ2v) is 4.70. The molecule has 0 saturated carbocycles. The molecular weight excluding hydrogens is 254 g/mol. The molecule has 98 valence electrons. The second-order valence-electron chi connectivity index (χ2n) is 4.26. The molecule has 2 heterocycles. The number of carbonyl (C=O) groups is 1. The number of aromatic nitrogens is 2. The van der Waals surface area contributed by atoms with Crippen LogP contribution < -0.4 is 4.74 Å². The van der Waals surface area contributed by atoms with Crippen LogP contribution in [0.15, 0.2) is 12.4 Å². The van der Waals surface area contributed by atoms with Crippen molar-refractivity contribution in [3.05, 3.63) is 17.4 Å². The van der Waals surface area contributed by atoms with Crippen molar-refractivity contribution in [2.45, 2.75) is 32.3 Å². The Morgan fingerprint density at radius 3 is 2.94 bits per heavy atom. The number of carbonyl (C=O) groups excluding carboxylic acids is 1. The number of halogens is 1. The Morgan fingerprint density at radius 2 is 2.28 bits per heavy atom. The fraction of sp³-hybridized carbons (Fsp3) is 0.583. The van der Waals surface area contributed by atoms with Gasteiger partial charge in [0.25, 0.3) is 0 Å². The van der Waals surface area contributed by atoms with Crippen LogP contribution in [-0.2, 0) is 4.79 Å². The van der Waals surface area contributed by atoms with E-state index in [0.29, 0.717) is 24.0 Å². The minimum atomic E-state index is -0.0320. The average Bonchev–Trinajstić information content (AvgIpc) is 2.41. The van der Waals surface area contributed by atoms with Gasteiger partial charge in [-0.05, 0) is 12.8 Å². The van der Waals surface area contributed by atoms with Crippen molar-refractivity contribution in [2.75, 3.05) is 13.1 Å². The molecule has 1 aliphatic rings. The van der Waals surface area contributed by atoms with Crippen LogP contribution in [0.3, 0.4) is 0 Å². The lowest BCUT2D eigenvalue weighted by Gasteiger charge is -2.32. The highest BCUT2D eigenvalue weighted by Crippen LogP contribution is 2.16. The molecule has 2 rings (SSSR count). The summed E-state index contributed by atoms with van der Waals surface area (Å²) >= 11 is 5.70. The fourth-order valence-corrected chi connectivity index (χ4v) is 2.09. The molecule has 6 heteroatoms. The van der Waals surface area contributed by atoms with Gasteiger partial charge in [0.15, 0.2) is 0 Å². The Morgan fingerprint density at radius 1 is 1.56 bits per heavy atom. The third kappa shape index (κ3) is 3.32. The number of nitrogens with zero attached hydrogens (tertiary/aromatic N) is 3. The Hall–Kier alpha value is -1.36. The molecule has 5 nitrogen and oxygen atoms in total. The molecule has 18 heavy (non-hydrogen) atoms. The number of likely N-dealkylation sites (tertiary alicyclic amines) is 1. The Kier molecular flexibility index (Phi) is 4.36. The normalized spacial score (nSPS) is 19.7. The van der Waals surface area contributed by atoms with Crippen LogP contribution in [0.25, 0.3) is 0 Å². The van der Waals surface area contributed by atoms with E-state index in [4.69, 9.17) is 16.3 Å². The standard InChI is InChI=1S/C12H16ClN3O2/c1-2-11(17)16-5-3-4-10(8-16)18-12-14-6-9(13)7-15-12/h6-7,10H,2-5,8H2,1H3/t10-/m1/s1. The van der Waals surface area contributed by atoms with E-state index in [0.717, 1.165) is 19.4 Å². The highest BCUT2D eigenvalue weighted by Gasteiger charge is 2.24. The van der Waals surface area contributed by atoms with Gasteiger partial charge in [-0.15, -0.1) is 0 Å². The molecule has 0 bridgehead atoms. The summed E-state index contributed by atoms with van der Waals surface area (Å²) in [6, 6.07) is 0.315. The van der Waals surface area contributed by atoms with Crippen molar-refractivity contribution in [3.63, 3.8) is 0 Å². The van der Waals surface area contributed by atoms with Crippen LogP contribution in [0.2, 0.25) is 5.02 Å². The Bertz CT molecular complexity index is 410. The highest BCUT2D eigenvalue weighted by atomic mass is 35.5. The molecule has 1 atom stereocenters. The van der Waals surface area contributed by atoms with Gasteiger partial charge in [0.2, 0.25) is 5.91 Å². The van der Waals surface area contributed by atoms with Gasteiger partial charge in [0, 0.05) is 13.0 Å². The first-order valence-electron chi connectivity index (χ1n) is 6.11. The topological polar surface area (TPSA) is 55.3 Å². The second kappa shape index (κ2) is 6.00. The van der Waals surface area contributed by atoms with E-state index in [2.05, 4.69) is 9.97 Å². The molecule has 1 aromatic rings. The van der Waals surface area contributed by atoms with Gasteiger partial charge in [-0.1, -0.05) is 18.5 Å². The lowest BCUT2D eigenvalue weighted by atomic mass is 10.1. The van der Waals surface area contributed by atoms with E-state index in [1.807, 2.05) is 11.8 Å². The van der Waals surface area contributed by atoms with Crippen molar-refractivity contribution in [1.82, 2.24) is 14.9 Å². The Labute approximate surface area is 111 Å². The van der Waals surface area contributed by atoms with Crippen molar-refractivity contribution >= 4 is 17.5 Å². The maximum atomic E-state index is 11.6. The van der Waals surface area contributed by atoms with Gasteiger partial charge < -0.3 is 9.64 Å². The third-order valence-corrected chi connectivity index (χ3v) is 3.10. The number of piperidine rings is 1. The van der Waals surface area contributed by atoms with Crippen molar-refractivity contribution in [1.29, 1.82) is 0 Å². The van der Waals surface area contributed by atoms with Crippen molar-refractivity contribution < 1.29 is 9.53 Å². The molecule has 1 saturated heterocycles. The zero-order chi connectivity index (χ0) is 13.0. The van der Waals surface area contributed by atoms with E-state index >= 15 is 0 Å². The predicted octanol–water partition coefficient (Wildman–Crippen LogP) is 1.91. The summed E-state index contributed by atoms with van der Waals surface area (Å²) in [6.07, 6.45) is 5.37. The molecule has 1 aromatic heterocycles. The zero-order valence-electron chi connectivity index (χ0n) is 10.3. The van der Waals surface area contributed by atoms with Crippen LogP contribution in [0, 0.1) is 0 Å². The number of amides is 1. The van der Waals surface area contributed by atoms with E-state index in [9.17, 15) is 4.79 Å². The maximum Gasteiger partial charge on any atom is 0.316 e. The molecule has 1 fully saturated rings. The fourth-order valence-electron chi connectivity index (χ4n) is 1.99. The number of hydrogen-bond acceptors (Lipinski definition) is 4. The summed E-state index contributed by atoms with van der Waals surface area (Å²) in [5.41, 5.74) is 0. The van der Waals surface area contributed by atoms with Gasteiger partial charge in [-0.2, -0.15) is 0 Å². The number of ether oxygens (including phenoxy) is 1. The Balaban J connectivity index is 1.93. The van der Waals surface area contributed by atoms with E-state index in [-0.39, 0.29) is 12.0 Å². The van der Waals surface area contributed by atoms with Gasteiger partial charge in [0.05, 0.1) is 24.0 Å². The molecule has 0 unspecified atom stereocenters. The summed E-state index contributed by atoms with van der Waals surface area (Å²) in [5, 5.41) is 0.480. The molecule has 0 aromatic carbocycles. The van der Waals surface area contributed by atoms with Gasteiger partial charge in [-0.25, -0.2) is 9.97 Å². The summed E-state index contributed by atoms with van der Waals surface area (Å²) in [6.45, 7) is 3.29. The molecule has 0 spiro atoms. The first kappa shape index (κ1) is 13.1. The van der Waals surface area contributed by atoms with Crippen molar-refractivity contribution in [2.24, 2.45) is 0 Å². The molecule has 0 N–H and O–H groups in total.